The largest absolute Gasteiger partial charge is 0.478 e. The predicted molar refractivity (Wildman–Crippen MR) is 83.5 cm³/mol. The quantitative estimate of drug-likeness (QED) is 0.811. The van der Waals surface area contributed by atoms with Crippen LogP contribution in [0.25, 0.3) is 0 Å². The predicted octanol–water partition coefficient (Wildman–Crippen LogP) is 4.43. The number of benzene rings is 1. The van der Waals surface area contributed by atoms with Crippen LogP contribution in [0, 0.1) is 6.92 Å². The molecule has 0 fully saturated rings. The van der Waals surface area contributed by atoms with E-state index in [-0.39, 0.29) is 16.4 Å². The maximum absolute atomic E-state index is 12.6. The highest BCUT2D eigenvalue weighted by Crippen LogP contribution is 2.43. The summed E-state index contributed by atoms with van der Waals surface area (Å²) in [6.45, 7) is 5.29. The summed E-state index contributed by atoms with van der Waals surface area (Å²) in [5.74, 6) is -1.10. The molecule has 0 saturated carbocycles. The number of hydrogen-bond acceptors (Lipinski definition) is 2. The highest BCUT2D eigenvalue weighted by atomic mass is 35.6. The fraction of sp³-hybridized carbons (Fsp3) is 0.462. The summed E-state index contributed by atoms with van der Waals surface area (Å²) in [5.41, 5.74) is 0.707. The van der Waals surface area contributed by atoms with E-state index in [9.17, 15) is 9.00 Å². The van der Waals surface area contributed by atoms with Gasteiger partial charge >= 0.3 is 5.97 Å². The van der Waals surface area contributed by atoms with Gasteiger partial charge in [-0.05, 0) is 25.0 Å². The molecule has 2 atom stereocenters. The third-order valence-corrected chi connectivity index (χ3v) is 5.69. The van der Waals surface area contributed by atoms with Crippen LogP contribution in [0.1, 0.15) is 41.8 Å². The number of alkyl halides is 3. The minimum atomic E-state index is -1.75. The van der Waals surface area contributed by atoms with Gasteiger partial charge in [-0.25, -0.2) is 4.79 Å². The van der Waals surface area contributed by atoms with Crippen molar-refractivity contribution >= 4 is 51.6 Å². The molecule has 112 valence electrons. The van der Waals surface area contributed by atoms with Gasteiger partial charge in [0, 0.05) is 10.8 Å². The second kappa shape index (κ2) is 6.65. The number of hydrogen-bond donors (Lipinski definition) is 1. The molecule has 0 saturated heterocycles. The summed E-state index contributed by atoms with van der Waals surface area (Å²) in [4.78, 5) is 11.5. The van der Waals surface area contributed by atoms with Crippen molar-refractivity contribution in [2.75, 3.05) is 0 Å². The van der Waals surface area contributed by atoms with Crippen LogP contribution in [-0.2, 0) is 14.6 Å². The molecule has 1 rings (SSSR count). The molecule has 0 radical (unpaired) electrons. The van der Waals surface area contributed by atoms with E-state index in [1.54, 1.807) is 6.92 Å². The van der Waals surface area contributed by atoms with Gasteiger partial charge in [-0.3, -0.25) is 4.21 Å². The summed E-state index contributed by atoms with van der Waals surface area (Å²) in [5, 5.41) is 9.00. The molecule has 0 aliphatic rings. The van der Waals surface area contributed by atoms with Crippen LogP contribution in [0.4, 0.5) is 0 Å². The van der Waals surface area contributed by atoms with Crippen LogP contribution < -0.4 is 0 Å². The molecule has 20 heavy (non-hydrogen) atoms. The van der Waals surface area contributed by atoms with Crippen molar-refractivity contribution in [2.24, 2.45) is 0 Å². The van der Waals surface area contributed by atoms with E-state index in [0.29, 0.717) is 16.9 Å². The third kappa shape index (κ3) is 3.67. The van der Waals surface area contributed by atoms with Gasteiger partial charge in [0.15, 0.2) is 0 Å². The number of carboxylic acids is 1. The van der Waals surface area contributed by atoms with E-state index in [4.69, 9.17) is 39.9 Å². The SMILES string of the molecule is CC[C@@H](C)[S@@](=O)c1c(C(Cl)(Cl)Cl)ccc(C(=O)O)c1C. The van der Waals surface area contributed by atoms with Crippen molar-refractivity contribution in [3.05, 3.63) is 28.8 Å². The minimum absolute atomic E-state index is 0.0645. The normalized spacial score (nSPS) is 14.9. The molecular formula is C13H15Cl3O3S. The van der Waals surface area contributed by atoms with Crippen molar-refractivity contribution in [1.82, 2.24) is 0 Å². The summed E-state index contributed by atoms with van der Waals surface area (Å²) in [6.07, 6.45) is 0.669. The van der Waals surface area contributed by atoms with Crippen LogP contribution in [0.2, 0.25) is 0 Å². The van der Waals surface area contributed by atoms with Gasteiger partial charge in [0.05, 0.1) is 21.3 Å². The molecule has 3 nitrogen and oxygen atoms in total. The first-order valence-electron chi connectivity index (χ1n) is 5.95. The van der Waals surface area contributed by atoms with E-state index in [2.05, 4.69) is 0 Å². The van der Waals surface area contributed by atoms with Crippen LogP contribution in [0.3, 0.4) is 0 Å². The van der Waals surface area contributed by atoms with Crippen molar-refractivity contribution < 1.29 is 14.1 Å². The van der Waals surface area contributed by atoms with Crippen LogP contribution in [-0.4, -0.2) is 20.5 Å². The third-order valence-electron chi connectivity index (χ3n) is 3.08. The molecule has 0 aliphatic heterocycles. The highest BCUT2D eigenvalue weighted by Gasteiger charge is 2.32. The Labute approximate surface area is 135 Å². The fourth-order valence-corrected chi connectivity index (χ4v) is 3.95. The van der Waals surface area contributed by atoms with Gasteiger partial charge < -0.3 is 5.11 Å². The summed E-state index contributed by atoms with van der Waals surface area (Å²) < 4.78 is 10.8. The van der Waals surface area contributed by atoms with E-state index >= 15 is 0 Å². The van der Waals surface area contributed by atoms with E-state index in [0.717, 1.165) is 0 Å². The second-order valence-electron chi connectivity index (χ2n) is 4.43. The first-order chi connectivity index (χ1) is 9.11. The molecule has 0 heterocycles. The lowest BCUT2D eigenvalue weighted by atomic mass is 10.1. The zero-order valence-electron chi connectivity index (χ0n) is 11.2. The van der Waals surface area contributed by atoms with Crippen molar-refractivity contribution in [3.8, 4) is 0 Å². The Balaban J connectivity index is 3.62. The first kappa shape index (κ1) is 17.8. The Morgan fingerprint density at radius 3 is 2.35 bits per heavy atom. The Kier molecular flexibility index (Phi) is 5.90. The average Bonchev–Trinajstić information content (AvgIpc) is 2.34. The molecule has 1 N–H and O–H groups in total. The zero-order valence-corrected chi connectivity index (χ0v) is 14.3. The van der Waals surface area contributed by atoms with Crippen molar-refractivity contribution in [1.29, 1.82) is 0 Å². The minimum Gasteiger partial charge on any atom is -0.478 e. The topological polar surface area (TPSA) is 54.4 Å². The lowest BCUT2D eigenvalue weighted by Crippen LogP contribution is -2.18. The number of aromatic carboxylic acids is 1. The van der Waals surface area contributed by atoms with Gasteiger partial charge in [-0.1, -0.05) is 54.7 Å². The number of rotatable bonds is 4. The van der Waals surface area contributed by atoms with Crippen LogP contribution >= 0.6 is 34.8 Å². The van der Waals surface area contributed by atoms with E-state index in [1.165, 1.54) is 12.1 Å². The number of halogens is 3. The molecule has 0 aliphatic carbocycles. The van der Waals surface area contributed by atoms with E-state index < -0.39 is 20.6 Å². The van der Waals surface area contributed by atoms with Gasteiger partial charge in [0.25, 0.3) is 0 Å². The van der Waals surface area contributed by atoms with Gasteiger partial charge in [-0.15, -0.1) is 0 Å². The molecule has 0 aromatic heterocycles. The number of carboxylic acid groups (broad SMARTS) is 1. The lowest BCUT2D eigenvalue weighted by Gasteiger charge is -2.21. The van der Waals surface area contributed by atoms with Crippen molar-refractivity contribution in [3.63, 3.8) is 0 Å². The standard InChI is InChI=1S/C13H15Cl3O3S/c1-4-7(2)20(19)11-8(3)9(12(17)18)5-6-10(11)13(14,15)16/h5-7H,4H2,1-3H3,(H,17,18)/t7-,20-/m1/s1. The molecule has 1 aromatic rings. The Bertz CT molecular complexity index is 553. The van der Waals surface area contributed by atoms with Gasteiger partial charge in [-0.2, -0.15) is 0 Å². The molecule has 0 unspecified atom stereocenters. The summed E-state index contributed by atoms with van der Waals surface area (Å²) in [7, 11) is -1.44. The monoisotopic (exact) mass is 356 g/mol. The smallest absolute Gasteiger partial charge is 0.335 e. The van der Waals surface area contributed by atoms with Crippen LogP contribution in [0.5, 0.6) is 0 Å². The highest BCUT2D eigenvalue weighted by molar-refractivity contribution is 7.85. The fourth-order valence-electron chi connectivity index (χ4n) is 1.76. The second-order valence-corrected chi connectivity index (χ2v) is 8.52. The lowest BCUT2D eigenvalue weighted by molar-refractivity contribution is 0.0695. The molecule has 7 heteroatoms. The molecule has 0 bridgehead atoms. The first-order valence-corrected chi connectivity index (χ1v) is 8.30. The maximum Gasteiger partial charge on any atom is 0.335 e. The van der Waals surface area contributed by atoms with Crippen molar-refractivity contribution in [2.45, 2.75) is 41.1 Å². The van der Waals surface area contributed by atoms with Gasteiger partial charge in [0.1, 0.15) is 0 Å². The summed E-state index contributed by atoms with van der Waals surface area (Å²) in [6, 6.07) is 2.78. The molecule has 0 amide bonds. The Hall–Kier alpha value is -0.290. The summed E-state index contributed by atoms with van der Waals surface area (Å²) >= 11 is 17.7. The van der Waals surface area contributed by atoms with E-state index in [1.807, 2.05) is 13.8 Å². The molecular weight excluding hydrogens is 343 g/mol. The zero-order chi connectivity index (χ0) is 15.7. The Morgan fingerprint density at radius 1 is 1.40 bits per heavy atom. The molecule has 1 aromatic carbocycles. The average molecular weight is 358 g/mol. The van der Waals surface area contributed by atoms with Gasteiger partial charge in [0.2, 0.25) is 3.79 Å². The Morgan fingerprint density at radius 2 is 1.95 bits per heavy atom. The van der Waals surface area contributed by atoms with Crippen LogP contribution in [0.15, 0.2) is 17.0 Å². The number of carbonyl (C=O) groups is 1. The maximum atomic E-state index is 12.6. The molecule has 0 spiro atoms.